The number of aryl methyl sites for hydroxylation is 2. The lowest BCUT2D eigenvalue weighted by Crippen LogP contribution is -2.46. The largest absolute Gasteiger partial charge is 0.487 e. The third-order valence-electron chi connectivity index (χ3n) is 5.42. The number of fused-ring (bicyclic) bond motifs is 1. The third kappa shape index (κ3) is 3.88. The molecule has 31 heavy (non-hydrogen) atoms. The fourth-order valence-electron chi connectivity index (χ4n) is 3.73. The van der Waals surface area contributed by atoms with Crippen LogP contribution in [0.25, 0.3) is 22.4 Å². The van der Waals surface area contributed by atoms with Crippen LogP contribution in [-0.4, -0.2) is 77.7 Å². The van der Waals surface area contributed by atoms with E-state index in [2.05, 4.69) is 20.0 Å². The maximum Gasteiger partial charge on any atom is 0.277 e. The van der Waals surface area contributed by atoms with Crippen molar-refractivity contribution in [1.82, 2.24) is 29.0 Å². The number of methoxy groups -OCH3 is 1. The first-order valence-electron chi connectivity index (χ1n) is 10.1. The Kier molecular flexibility index (Phi) is 5.90. The number of thiophene rings is 1. The van der Waals surface area contributed by atoms with Crippen LogP contribution in [0, 0.1) is 0 Å². The van der Waals surface area contributed by atoms with E-state index in [0.717, 1.165) is 23.5 Å². The molecule has 3 aromatic rings. The minimum atomic E-state index is -3.66. The van der Waals surface area contributed by atoms with Gasteiger partial charge in [0.25, 0.3) is 15.6 Å². The SMILES string of the molecule is CCCc1nn(C)c2c(=O)[nH]c(-c3cc(S(=O)(=O)N4CCN(C)CC4)sc3OC)nc12. The number of nitrogens with one attached hydrogen (secondary N) is 1. The Morgan fingerprint density at radius 3 is 2.58 bits per heavy atom. The molecule has 0 unspecified atom stereocenters. The minimum absolute atomic E-state index is 0.173. The summed E-state index contributed by atoms with van der Waals surface area (Å²) in [6.07, 6.45) is 1.56. The average Bonchev–Trinajstić information content (AvgIpc) is 3.31. The van der Waals surface area contributed by atoms with Crippen molar-refractivity contribution in [2.24, 2.45) is 7.05 Å². The van der Waals surface area contributed by atoms with Gasteiger partial charge in [-0.15, -0.1) is 0 Å². The number of aromatic nitrogens is 4. The Hall–Kier alpha value is -2.28. The molecule has 1 fully saturated rings. The maximum atomic E-state index is 13.2. The van der Waals surface area contributed by atoms with Gasteiger partial charge in [0.05, 0.1) is 18.4 Å². The van der Waals surface area contributed by atoms with Gasteiger partial charge in [-0.05, 0) is 19.5 Å². The molecule has 0 radical (unpaired) electrons. The van der Waals surface area contributed by atoms with Crippen molar-refractivity contribution in [3.8, 4) is 16.5 Å². The summed E-state index contributed by atoms with van der Waals surface area (Å²) in [5.74, 6) is 0.274. The number of rotatable bonds is 6. The van der Waals surface area contributed by atoms with E-state index in [1.165, 1.54) is 22.2 Å². The fourth-order valence-corrected chi connectivity index (χ4v) is 6.57. The molecule has 4 heterocycles. The van der Waals surface area contributed by atoms with Crippen LogP contribution in [0.15, 0.2) is 15.1 Å². The summed E-state index contributed by atoms with van der Waals surface area (Å²) in [5.41, 5.74) is 1.79. The van der Waals surface area contributed by atoms with Gasteiger partial charge in [0.15, 0.2) is 10.6 Å². The molecular weight excluding hydrogens is 440 g/mol. The Balaban J connectivity index is 1.80. The lowest BCUT2D eigenvalue weighted by atomic mass is 10.2. The summed E-state index contributed by atoms with van der Waals surface area (Å²) in [6.45, 7) is 4.27. The second kappa shape index (κ2) is 8.34. The molecule has 1 aliphatic rings. The molecule has 0 spiro atoms. The van der Waals surface area contributed by atoms with Crippen molar-refractivity contribution >= 4 is 32.4 Å². The van der Waals surface area contributed by atoms with E-state index < -0.39 is 10.0 Å². The number of hydrogen-bond donors (Lipinski definition) is 1. The van der Waals surface area contributed by atoms with Crippen LogP contribution in [0.5, 0.6) is 5.06 Å². The van der Waals surface area contributed by atoms with Gasteiger partial charge in [0, 0.05) is 33.2 Å². The van der Waals surface area contributed by atoms with Gasteiger partial charge in [-0.1, -0.05) is 24.7 Å². The number of aromatic amines is 1. The van der Waals surface area contributed by atoms with E-state index in [9.17, 15) is 13.2 Å². The zero-order valence-corrected chi connectivity index (χ0v) is 19.6. The summed E-state index contributed by atoms with van der Waals surface area (Å²) >= 11 is 1.04. The Bertz CT molecular complexity index is 1270. The van der Waals surface area contributed by atoms with Gasteiger partial charge in [-0.25, -0.2) is 13.4 Å². The van der Waals surface area contributed by atoms with Gasteiger partial charge in [-0.2, -0.15) is 9.40 Å². The molecule has 0 atom stereocenters. The van der Waals surface area contributed by atoms with Crippen molar-refractivity contribution in [2.45, 2.75) is 24.0 Å². The highest BCUT2D eigenvalue weighted by Gasteiger charge is 2.31. The van der Waals surface area contributed by atoms with Gasteiger partial charge in [0.1, 0.15) is 15.6 Å². The topological polar surface area (TPSA) is 113 Å². The normalized spacial score (nSPS) is 16.3. The van der Waals surface area contributed by atoms with Gasteiger partial charge in [0.2, 0.25) is 0 Å². The second-order valence-electron chi connectivity index (χ2n) is 7.61. The predicted octanol–water partition coefficient (Wildman–Crippen LogP) is 1.28. The standard InChI is InChI=1S/C19H26N6O4S2/c1-5-6-13-15-16(24(3)22-13)18(26)21-17(20-15)12-11-14(30-19(12)29-4)31(27,28)25-9-7-23(2)8-10-25/h11H,5-10H2,1-4H3,(H,20,21,26). The van der Waals surface area contributed by atoms with Crippen LogP contribution in [0.3, 0.4) is 0 Å². The van der Waals surface area contributed by atoms with E-state index in [0.29, 0.717) is 54.3 Å². The summed E-state index contributed by atoms with van der Waals surface area (Å²) in [5, 5.41) is 4.81. The summed E-state index contributed by atoms with van der Waals surface area (Å²) in [6, 6.07) is 1.54. The van der Waals surface area contributed by atoms with Crippen LogP contribution in [0.1, 0.15) is 19.0 Å². The van der Waals surface area contributed by atoms with Crippen molar-refractivity contribution in [1.29, 1.82) is 0 Å². The van der Waals surface area contributed by atoms with Gasteiger partial charge >= 0.3 is 0 Å². The number of likely N-dealkylation sites (N-methyl/N-ethyl adjacent to an activating group) is 1. The first kappa shape index (κ1) is 21.9. The van der Waals surface area contributed by atoms with E-state index in [-0.39, 0.29) is 15.6 Å². The molecule has 168 valence electrons. The fraction of sp³-hybridized carbons (Fsp3) is 0.526. The number of piperazine rings is 1. The zero-order chi connectivity index (χ0) is 22.3. The monoisotopic (exact) mass is 466 g/mol. The van der Waals surface area contributed by atoms with Crippen molar-refractivity contribution in [2.75, 3.05) is 40.3 Å². The summed E-state index contributed by atoms with van der Waals surface area (Å²) in [4.78, 5) is 22.3. The molecule has 12 heteroatoms. The van der Waals surface area contributed by atoms with Crippen LogP contribution < -0.4 is 10.3 Å². The second-order valence-corrected chi connectivity index (χ2v) is 10.8. The highest BCUT2D eigenvalue weighted by molar-refractivity contribution is 7.91. The minimum Gasteiger partial charge on any atom is -0.487 e. The van der Waals surface area contributed by atoms with Crippen LogP contribution in [0.2, 0.25) is 0 Å². The molecule has 4 rings (SSSR count). The molecule has 10 nitrogen and oxygen atoms in total. The molecule has 3 aromatic heterocycles. The summed E-state index contributed by atoms with van der Waals surface area (Å²) < 4.78 is 35.0. The van der Waals surface area contributed by atoms with Crippen molar-refractivity contribution in [3.63, 3.8) is 0 Å². The summed E-state index contributed by atoms with van der Waals surface area (Å²) in [7, 11) is 1.50. The number of nitrogens with zero attached hydrogens (tertiary/aromatic N) is 5. The quantitative estimate of drug-likeness (QED) is 0.582. The van der Waals surface area contributed by atoms with Crippen LogP contribution in [0.4, 0.5) is 0 Å². The van der Waals surface area contributed by atoms with E-state index in [4.69, 9.17) is 4.74 Å². The number of ether oxygens (including phenoxy) is 1. The first-order chi connectivity index (χ1) is 14.8. The van der Waals surface area contributed by atoms with E-state index >= 15 is 0 Å². The Labute approximate surface area is 184 Å². The lowest BCUT2D eigenvalue weighted by Gasteiger charge is -2.31. The zero-order valence-electron chi connectivity index (χ0n) is 18.0. The Morgan fingerprint density at radius 1 is 1.23 bits per heavy atom. The smallest absolute Gasteiger partial charge is 0.277 e. The molecule has 1 aliphatic heterocycles. The molecule has 0 bridgehead atoms. The van der Waals surface area contributed by atoms with E-state index in [1.807, 2.05) is 14.0 Å². The highest BCUT2D eigenvalue weighted by atomic mass is 32.2. The third-order valence-corrected chi connectivity index (χ3v) is 8.87. The molecule has 0 aromatic carbocycles. The van der Waals surface area contributed by atoms with Gasteiger partial charge < -0.3 is 14.6 Å². The Morgan fingerprint density at radius 2 is 1.94 bits per heavy atom. The molecule has 1 N–H and O–H groups in total. The average molecular weight is 467 g/mol. The number of hydrogen-bond acceptors (Lipinski definition) is 8. The molecule has 0 aliphatic carbocycles. The van der Waals surface area contributed by atoms with E-state index in [1.54, 1.807) is 7.05 Å². The lowest BCUT2D eigenvalue weighted by molar-refractivity contribution is 0.222. The van der Waals surface area contributed by atoms with Gasteiger partial charge in [-0.3, -0.25) is 9.48 Å². The molecule has 0 amide bonds. The van der Waals surface area contributed by atoms with Crippen molar-refractivity contribution in [3.05, 3.63) is 22.1 Å². The van der Waals surface area contributed by atoms with Crippen LogP contribution >= 0.6 is 11.3 Å². The highest BCUT2D eigenvalue weighted by Crippen LogP contribution is 2.40. The maximum absolute atomic E-state index is 13.2. The van der Waals surface area contributed by atoms with Crippen molar-refractivity contribution < 1.29 is 13.2 Å². The predicted molar refractivity (Wildman–Crippen MR) is 119 cm³/mol. The molecule has 1 saturated heterocycles. The van der Waals surface area contributed by atoms with Crippen LogP contribution in [-0.2, 0) is 23.5 Å². The first-order valence-corrected chi connectivity index (χ1v) is 12.3. The molecular formula is C19H26N6O4S2. The molecule has 0 saturated carbocycles. The number of sulfonamides is 1. The number of H-pyrrole nitrogens is 1.